The second kappa shape index (κ2) is 7.25. The van der Waals surface area contributed by atoms with E-state index in [9.17, 15) is 9.59 Å². The Labute approximate surface area is 145 Å². The number of benzene rings is 2. The maximum Gasteiger partial charge on any atom is 0.323 e. The molecule has 0 fully saturated rings. The molecule has 3 N–H and O–H groups in total. The second-order valence-corrected chi connectivity index (χ2v) is 6.02. The Morgan fingerprint density at radius 3 is 2.56 bits per heavy atom. The number of nitrogens with zero attached hydrogens (tertiary/aromatic N) is 1. The fourth-order valence-corrected chi connectivity index (χ4v) is 2.89. The first-order valence-electron chi connectivity index (χ1n) is 8.38. The molecule has 0 bridgehead atoms. The molecular weight excluding hydrogens is 316 g/mol. The van der Waals surface area contributed by atoms with Crippen LogP contribution in [0, 0.1) is 0 Å². The summed E-state index contributed by atoms with van der Waals surface area (Å²) in [5.41, 5.74) is 3.24. The number of hydrogen-bond acceptors (Lipinski definition) is 3. The van der Waals surface area contributed by atoms with E-state index in [1.54, 1.807) is 0 Å². The van der Waals surface area contributed by atoms with Crippen LogP contribution in [0.4, 0.5) is 5.69 Å². The Bertz CT molecular complexity index is 914. The highest BCUT2D eigenvalue weighted by atomic mass is 16.2. The topological polar surface area (TPSA) is 81.0 Å². The van der Waals surface area contributed by atoms with Crippen LogP contribution in [0.2, 0.25) is 0 Å². The predicted octanol–water partition coefficient (Wildman–Crippen LogP) is 2.56. The van der Waals surface area contributed by atoms with Crippen molar-refractivity contribution < 1.29 is 4.79 Å². The smallest absolute Gasteiger partial charge is 0.323 e. The monoisotopic (exact) mass is 338 g/mol. The van der Waals surface area contributed by atoms with Gasteiger partial charge in [0.1, 0.15) is 0 Å². The third kappa shape index (κ3) is 3.91. The number of aromatic nitrogens is 2. The summed E-state index contributed by atoms with van der Waals surface area (Å²) >= 11 is 0. The zero-order valence-electron chi connectivity index (χ0n) is 14.4. The highest BCUT2D eigenvalue weighted by Gasteiger charge is 2.14. The van der Waals surface area contributed by atoms with E-state index in [1.807, 2.05) is 67.3 Å². The van der Waals surface area contributed by atoms with Crippen molar-refractivity contribution in [2.45, 2.75) is 19.9 Å². The van der Waals surface area contributed by atoms with Gasteiger partial charge in [0.15, 0.2) is 0 Å². The Balaban J connectivity index is 1.67. The molecule has 0 saturated carbocycles. The third-order valence-electron chi connectivity index (χ3n) is 4.26. The molecule has 0 aliphatic carbocycles. The fourth-order valence-electron chi connectivity index (χ4n) is 2.89. The number of carbonyl (C=O) groups excluding carboxylic acids is 1. The van der Waals surface area contributed by atoms with Crippen LogP contribution in [0.3, 0.4) is 0 Å². The molecule has 1 atom stereocenters. The molecule has 130 valence electrons. The lowest BCUT2D eigenvalue weighted by atomic mass is 10.1. The van der Waals surface area contributed by atoms with Crippen LogP contribution in [0.5, 0.6) is 0 Å². The number of hydrogen-bond donors (Lipinski definition) is 3. The molecular formula is C19H22N4O2. The summed E-state index contributed by atoms with van der Waals surface area (Å²) in [7, 11) is 0. The van der Waals surface area contributed by atoms with Gasteiger partial charge in [-0.15, -0.1) is 0 Å². The summed E-state index contributed by atoms with van der Waals surface area (Å²) in [6.07, 6.45) is 0. The Hall–Kier alpha value is -3.02. The average Bonchev–Trinajstić information content (AvgIpc) is 2.99. The van der Waals surface area contributed by atoms with E-state index in [-0.39, 0.29) is 17.6 Å². The van der Waals surface area contributed by atoms with Crippen molar-refractivity contribution in [1.29, 1.82) is 0 Å². The van der Waals surface area contributed by atoms with Crippen molar-refractivity contribution in [3.05, 3.63) is 64.6 Å². The quantitative estimate of drug-likeness (QED) is 0.646. The molecule has 0 aliphatic rings. The van der Waals surface area contributed by atoms with Crippen LogP contribution in [0.15, 0.2) is 53.3 Å². The van der Waals surface area contributed by atoms with Crippen molar-refractivity contribution in [3.8, 4) is 0 Å². The molecule has 3 rings (SSSR count). The first-order valence-corrected chi connectivity index (χ1v) is 8.38. The Morgan fingerprint density at radius 2 is 1.84 bits per heavy atom. The molecule has 2 aromatic carbocycles. The van der Waals surface area contributed by atoms with Crippen molar-refractivity contribution in [2.75, 3.05) is 18.0 Å². The molecule has 0 spiro atoms. The molecule has 0 unspecified atom stereocenters. The first kappa shape index (κ1) is 16.8. The maximum atomic E-state index is 12.4. The predicted molar refractivity (Wildman–Crippen MR) is 99.8 cm³/mol. The number of anilines is 1. The van der Waals surface area contributed by atoms with Gasteiger partial charge in [0.25, 0.3) is 0 Å². The van der Waals surface area contributed by atoms with E-state index < -0.39 is 0 Å². The van der Waals surface area contributed by atoms with Crippen LogP contribution in [-0.2, 0) is 4.79 Å². The van der Waals surface area contributed by atoms with E-state index in [0.717, 1.165) is 28.8 Å². The fraction of sp³-hybridized carbons (Fsp3) is 0.263. The van der Waals surface area contributed by atoms with Gasteiger partial charge >= 0.3 is 5.69 Å². The highest BCUT2D eigenvalue weighted by Crippen LogP contribution is 2.17. The number of amides is 1. The van der Waals surface area contributed by atoms with E-state index in [0.29, 0.717) is 6.54 Å². The van der Waals surface area contributed by atoms with Crippen LogP contribution < -0.4 is 15.9 Å². The lowest BCUT2D eigenvalue weighted by Gasteiger charge is -2.23. The summed E-state index contributed by atoms with van der Waals surface area (Å²) in [6, 6.07) is 15.4. The number of para-hydroxylation sites is 1. The number of aromatic amines is 2. The normalized spacial score (nSPS) is 12.1. The van der Waals surface area contributed by atoms with E-state index in [1.165, 1.54) is 0 Å². The summed E-state index contributed by atoms with van der Waals surface area (Å²) in [5.74, 6) is -0.0409. The van der Waals surface area contributed by atoms with Crippen molar-refractivity contribution in [2.24, 2.45) is 0 Å². The van der Waals surface area contributed by atoms with Crippen LogP contribution in [0.1, 0.15) is 25.5 Å². The number of carbonyl (C=O) groups is 1. The number of rotatable bonds is 6. The summed E-state index contributed by atoms with van der Waals surface area (Å²) < 4.78 is 0. The zero-order chi connectivity index (χ0) is 17.8. The Kier molecular flexibility index (Phi) is 4.88. The molecule has 3 aromatic rings. The minimum Gasteiger partial charge on any atom is -0.363 e. The second-order valence-electron chi connectivity index (χ2n) is 6.02. The first-order chi connectivity index (χ1) is 12.1. The van der Waals surface area contributed by atoms with Gasteiger partial charge in [-0.25, -0.2) is 4.79 Å². The summed E-state index contributed by atoms with van der Waals surface area (Å²) in [4.78, 5) is 31.2. The van der Waals surface area contributed by atoms with Crippen molar-refractivity contribution in [3.63, 3.8) is 0 Å². The average molecular weight is 338 g/mol. The highest BCUT2D eigenvalue weighted by molar-refractivity contribution is 5.82. The van der Waals surface area contributed by atoms with Gasteiger partial charge in [0.05, 0.1) is 23.6 Å². The number of nitrogens with one attached hydrogen (secondary N) is 3. The number of likely N-dealkylation sites (N-methyl/N-ethyl adjacent to an activating group) is 1. The summed E-state index contributed by atoms with van der Waals surface area (Å²) in [5, 5.41) is 3.02. The SMILES string of the molecule is CCN(CC(=O)N[C@H](C)c1ccc2[nH]c(=O)[nH]c2c1)c1ccccc1. The lowest BCUT2D eigenvalue weighted by Crippen LogP contribution is -2.38. The number of fused-ring (bicyclic) bond motifs is 1. The van der Waals surface area contributed by atoms with Crippen molar-refractivity contribution in [1.82, 2.24) is 15.3 Å². The van der Waals surface area contributed by atoms with Gasteiger partial charge in [-0.05, 0) is 43.7 Å². The molecule has 0 aliphatic heterocycles. The van der Waals surface area contributed by atoms with E-state index >= 15 is 0 Å². The number of imidazole rings is 1. The van der Waals surface area contributed by atoms with Gasteiger partial charge in [0, 0.05) is 12.2 Å². The number of H-pyrrole nitrogens is 2. The zero-order valence-corrected chi connectivity index (χ0v) is 14.4. The Morgan fingerprint density at radius 1 is 1.12 bits per heavy atom. The van der Waals surface area contributed by atoms with Gasteiger partial charge < -0.3 is 20.2 Å². The third-order valence-corrected chi connectivity index (χ3v) is 4.26. The van der Waals surface area contributed by atoms with Crippen molar-refractivity contribution >= 4 is 22.6 Å². The molecule has 6 heteroatoms. The van der Waals surface area contributed by atoms with E-state index in [4.69, 9.17) is 0 Å². The maximum absolute atomic E-state index is 12.4. The van der Waals surface area contributed by atoms with Gasteiger partial charge in [0.2, 0.25) is 5.91 Å². The van der Waals surface area contributed by atoms with Crippen LogP contribution in [0.25, 0.3) is 11.0 Å². The van der Waals surface area contributed by atoms with Crippen LogP contribution in [-0.4, -0.2) is 29.0 Å². The minimum atomic E-state index is -0.231. The van der Waals surface area contributed by atoms with Crippen LogP contribution >= 0.6 is 0 Å². The summed E-state index contributed by atoms with van der Waals surface area (Å²) in [6.45, 7) is 5.01. The van der Waals surface area contributed by atoms with Gasteiger partial charge in [-0.1, -0.05) is 24.3 Å². The van der Waals surface area contributed by atoms with Gasteiger partial charge in [-0.2, -0.15) is 0 Å². The van der Waals surface area contributed by atoms with E-state index in [2.05, 4.69) is 15.3 Å². The molecule has 6 nitrogen and oxygen atoms in total. The molecule has 0 saturated heterocycles. The molecule has 25 heavy (non-hydrogen) atoms. The molecule has 1 aromatic heterocycles. The molecule has 1 amide bonds. The standard InChI is InChI=1S/C19H22N4O2/c1-3-23(15-7-5-4-6-8-15)12-18(24)20-13(2)14-9-10-16-17(11-14)22-19(25)21-16/h4-11,13H,3,12H2,1-2H3,(H,20,24)(H2,21,22,25)/t13-/m1/s1. The lowest BCUT2D eigenvalue weighted by molar-refractivity contribution is -0.120. The minimum absolute atomic E-state index is 0.0409. The molecule has 0 radical (unpaired) electrons. The largest absolute Gasteiger partial charge is 0.363 e. The van der Waals surface area contributed by atoms with Gasteiger partial charge in [-0.3, -0.25) is 4.79 Å². The molecule has 1 heterocycles.